The quantitative estimate of drug-likeness (QED) is 0.822. The average Bonchev–Trinajstić information content (AvgIpc) is 2.48. The summed E-state index contributed by atoms with van der Waals surface area (Å²) in [6.07, 6.45) is -4.02. The molecular formula is C17H23F2NO3. The zero-order valence-corrected chi connectivity index (χ0v) is 13.9. The first-order valence-electron chi connectivity index (χ1n) is 7.63. The number of benzene rings is 1. The van der Waals surface area contributed by atoms with Crippen molar-refractivity contribution in [1.82, 2.24) is 4.90 Å². The largest absolute Gasteiger partial charge is 0.497 e. The molecule has 1 aliphatic heterocycles. The van der Waals surface area contributed by atoms with Gasteiger partial charge in [0.1, 0.15) is 23.7 Å². The van der Waals surface area contributed by atoms with Crippen LogP contribution in [0.25, 0.3) is 0 Å². The van der Waals surface area contributed by atoms with E-state index in [1.165, 1.54) is 4.90 Å². The third-order valence-corrected chi connectivity index (χ3v) is 3.72. The summed E-state index contributed by atoms with van der Waals surface area (Å²) in [5, 5.41) is 0. The van der Waals surface area contributed by atoms with E-state index in [0.29, 0.717) is 5.75 Å². The zero-order valence-electron chi connectivity index (χ0n) is 13.9. The Morgan fingerprint density at radius 3 is 2.30 bits per heavy atom. The van der Waals surface area contributed by atoms with E-state index >= 15 is 0 Å². The molecular weight excluding hydrogens is 304 g/mol. The van der Waals surface area contributed by atoms with E-state index in [1.54, 1.807) is 52.1 Å². The Labute approximate surface area is 135 Å². The Kier molecular flexibility index (Phi) is 5.12. The first-order valence-corrected chi connectivity index (χ1v) is 7.63. The Morgan fingerprint density at radius 1 is 1.17 bits per heavy atom. The van der Waals surface area contributed by atoms with E-state index < -0.39 is 30.1 Å². The van der Waals surface area contributed by atoms with Gasteiger partial charge in [0.15, 0.2) is 0 Å². The molecule has 6 heteroatoms. The Hall–Kier alpha value is -1.85. The Bertz CT molecular complexity index is 542. The lowest BCUT2D eigenvalue weighted by Gasteiger charge is -2.39. The molecule has 0 aliphatic carbocycles. The maximum atomic E-state index is 13.9. The molecule has 1 saturated heterocycles. The summed E-state index contributed by atoms with van der Waals surface area (Å²) in [4.78, 5) is 13.6. The van der Waals surface area contributed by atoms with Gasteiger partial charge in [-0.1, -0.05) is 12.1 Å². The predicted octanol–water partition coefficient (Wildman–Crippen LogP) is 4.05. The van der Waals surface area contributed by atoms with Crippen LogP contribution >= 0.6 is 0 Å². The highest BCUT2D eigenvalue weighted by atomic mass is 19.2. The van der Waals surface area contributed by atoms with Crippen LogP contribution in [0.15, 0.2) is 24.3 Å². The maximum Gasteiger partial charge on any atom is 0.410 e. The van der Waals surface area contributed by atoms with Crippen LogP contribution in [0.3, 0.4) is 0 Å². The van der Waals surface area contributed by atoms with Crippen molar-refractivity contribution in [3.63, 3.8) is 0 Å². The van der Waals surface area contributed by atoms with Crippen molar-refractivity contribution in [2.45, 2.75) is 51.2 Å². The molecule has 128 valence electrons. The van der Waals surface area contributed by atoms with Gasteiger partial charge in [0, 0.05) is 6.42 Å². The van der Waals surface area contributed by atoms with Gasteiger partial charge in [0.2, 0.25) is 0 Å². The highest BCUT2D eigenvalue weighted by Crippen LogP contribution is 2.35. The molecule has 0 aromatic heterocycles. The number of alkyl halides is 2. The van der Waals surface area contributed by atoms with Crippen LogP contribution in [0.5, 0.6) is 5.75 Å². The topological polar surface area (TPSA) is 38.8 Å². The summed E-state index contributed by atoms with van der Waals surface area (Å²) in [5.41, 5.74) is 0.0334. The number of carbonyl (C=O) groups is 1. The zero-order chi connectivity index (χ0) is 17.2. The minimum absolute atomic E-state index is 0.0905. The number of rotatable bonds is 2. The summed E-state index contributed by atoms with van der Waals surface area (Å²) in [7, 11) is 1.55. The van der Waals surface area contributed by atoms with Crippen LogP contribution in [0.4, 0.5) is 13.6 Å². The van der Waals surface area contributed by atoms with Crippen LogP contribution < -0.4 is 4.74 Å². The van der Waals surface area contributed by atoms with Crippen LogP contribution in [-0.4, -0.2) is 42.6 Å². The number of nitrogens with zero attached hydrogens (tertiary/aromatic N) is 1. The van der Waals surface area contributed by atoms with Crippen molar-refractivity contribution >= 4 is 6.09 Å². The number of amides is 1. The van der Waals surface area contributed by atoms with Crippen LogP contribution in [0.1, 0.15) is 38.8 Å². The molecule has 0 bridgehead atoms. The second-order valence-corrected chi connectivity index (χ2v) is 6.69. The molecule has 0 spiro atoms. The minimum atomic E-state index is -1.70. The summed E-state index contributed by atoms with van der Waals surface area (Å²) in [5.74, 6) is 0.661. The molecule has 3 atom stereocenters. The molecule has 1 amide bonds. The number of likely N-dealkylation sites (tertiary alicyclic amines) is 1. The maximum absolute atomic E-state index is 13.9. The first kappa shape index (κ1) is 17.5. The number of ether oxygens (including phenoxy) is 2. The van der Waals surface area contributed by atoms with E-state index in [1.807, 2.05) is 0 Å². The van der Waals surface area contributed by atoms with Crippen LogP contribution in [-0.2, 0) is 4.74 Å². The molecule has 1 fully saturated rings. The van der Waals surface area contributed by atoms with Gasteiger partial charge < -0.3 is 9.47 Å². The molecule has 1 aromatic carbocycles. The van der Waals surface area contributed by atoms with Gasteiger partial charge in [-0.25, -0.2) is 13.6 Å². The fourth-order valence-corrected chi connectivity index (χ4v) is 2.58. The van der Waals surface area contributed by atoms with Gasteiger partial charge in [-0.05, 0) is 38.5 Å². The Balaban J connectivity index is 2.25. The molecule has 0 radical (unpaired) electrons. The number of hydrogen-bond donors (Lipinski definition) is 0. The monoisotopic (exact) mass is 327 g/mol. The summed E-state index contributed by atoms with van der Waals surface area (Å²) in [6, 6.07) is 6.42. The molecule has 0 saturated carbocycles. The lowest BCUT2D eigenvalue weighted by atomic mass is 9.93. The van der Waals surface area contributed by atoms with Gasteiger partial charge in [-0.2, -0.15) is 0 Å². The molecule has 0 N–H and O–H groups in total. The van der Waals surface area contributed by atoms with E-state index in [2.05, 4.69) is 0 Å². The van der Waals surface area contributed by atoms with Crippen LogP contribution in [0.2, 0.25) is 0 Å². The number of halogens is 2. The second-order valence-electron chi connectivity index (χ2n) is 6.69. The van der Waals surface area contributed by atoms with Crippen molar-refractivity contribution in [2.24, 2.45) is 0 Å². The van der Waals surface area contributed by atoms with Gasteiger partial charge in [0.05, 0.1) is 19.7 Å². The fraction of sp³-hybridized carbons (Fsp3) is 0.588. The van der Waals surface area contributed by atoms with Crippen molar-refractivity contribution in [3.8, 4) is 5.75 Å². The molecule has 1 heterocycles. The van der Waals surface area contributed by atoms with Gasteiger partial charge in [-0.3, -0.25) is 4.90 Å². The van der Waals surface area contributed by atoms with Crippen molar-refractivity contribution in [3.05, 3.63) is 29.8 Å². The molecule has 23 heavy (non-hydrogen) atoms. The van der Waals surface area contributed by atoms with E-state index in [0.717, 1.165) is 5.56 Å². The predicted molar refractivity (Wildman–Crippen MR) is 83.1 cm³/mol. The standard InChI is InChI=1S/C17H23F2NO3/c1-17(2,3)23-16(21)20-10-14(19)13(18)9-15(20)11-5-7-12(22-4)8-6-11/h5-8,13-15H,9-10H2,1-4H3/t13-,14+,15+/m1/s1. The minimum Gasteiger partial charge on any atom is -0.497 e. The highest BCUT2D eigenvalue weighted by Gasteiger charge is 2.40. The van der Waals surface area contributed by atoms with E-state index in [-0.39, 0.29) is 13.0 Å². The van der Waals surface area contributed by atoms with Gasteiger partial charge in [0.25, 0.3) is 0 Å². The fourth-order valence-electron chi connectivity index (χ4n) is 2.58. The third kappa shape index (κ3) is 4.33. The van der Waals surface area contributed by atoms with Crippen molar-refractivity contribution in [2.75, 3.05) is 13.7 Å². The van der Waals surface area contributed by atoms with Crippen molar-refractivity contribution in [1.29, 1.82) is 0 Å². The number of piperidine rings is 1. The number of methoxy groups -OCH3 is 1. The third-order valence-electron chi connectivity index (χ3n) is 3.72. The molecule has 4 nitrogen and oxygen atoms in total. The number of carbonyl (C=O) groups excluding carboxylic acids is 1. The Morgan fingerprint density at radius 2 is 1.78 bits per heavy atom. The first-order chi connectivity index (χ1) is 10.7. The SMILES string of the molecule is COc1ccc([C@@H]2C[C@@H](F)[C@@H](F)CN2C(=O)OC(C)(C)C)cc1. The molecule has 1 aliphatic rings. The molecule has 0 unspecified atom stereocenters. The number of hydrogen-bond acceptors (Lipinski definition) is 3. The smallest absolute Gasteiger partial charge is 0.410 e. The normalized spacial score (nSPS) is 25.1. The van der Waals surface area contributed by atoms with Gasteiger partial charge in [-0.15, -0.1) is 0 Å². The highest BCUT2D eigenvalue weighted by molar-refractivity contribution is 5.69. The van der Waals surface area contributed by atoms with E-state index in [4.69, 9.17) is 9.47 Å². The average molecular weight is 327 g/mol. The second kappa shape index (κ2) is 6.72. The lowest BCUT2D eigenvalue weighted by molar-refractivity contribution is -0.0191. The van der Waals surface area contributed by atoms with Crippen molar-refractivity contribution < 1.29 is 23.0 Å². The van der Waals surface area contributed by atoms with Gasteiger partial charge >= 0.3 is 6.09 Å². The summed E-state index contributed by atoms with van der Waals surface area (Å²) in [6.45, 7) is 4.90. The van der Waals surface area contributed by atoms with Crippen LogP contribution in [0, 0.1) is 0 Å². The lowest BCUT2D eigenvalue weighted by Crippen LogP contribution is -2.49. The van der Waals surface area contributed by atoms with E-state index in [9.17, 15) is 13.6 Å². The summed E-state index contributed by atoms with van der Waals surface area (Å²) < 4.78 is 38.1. The molecule has 2 rings (SSSR count). The molecule has 1 aromatic rings. The summed E-state index contributed by atoms with van der Waals surface area (Å²) >= 11 is 0.